The van der Waals surface area contributed by atoms with Crippen LogP contribution in [-0.4, -0.2) is 63.8 Å². The summed E-state index contributed by atoms with van der Waals surface area (Å²) in [5.41, 5.74) is 1.42. The molecular weight excluding hydrogens is 464 g/mol. The summed E-state index contributed by atoms with van der Waals surface area (Å²) in [5, 5.41) is 29.9. The molecule has 2 aliphatic rings. The lowest BCUT2D eigenvalue weighted by Crippen LogP contribution is -2.51. The molecule has 3 aromatic rings. The maximum atomic E-state index is 13.4. The number of phenols is 1. The maximum absolute atomic E-state index is 13.4. The minimum atomic E-state index is -0.609. The third-order valence-electron chi connectivity index (χ3n) is 5.98. The largest absolute Gasteiger partial charge is 0.507 e. The molecule has 0 radical (unpaired) electrons. The van der Waals surface area contributed by atoms with Crippen molar-refractivity contribution in [3.8, 4) is 11.5 Å². The Kier molecular flexibility index (Phi) is 5.66. The fourth-order valence-electron chi connectivity index (χ4n) is 4.21. The molecule has 3 heterocycles. The van der Waals surface area contributed by atoms with Gasteiger partial charge in [-0.25, -0.2) is 4.79 Å². The number of benzene rings is 2. The van der Waals surface area contributed by atoms with Crippen LogP contribution in [-0.2, 0) is 4.74 Å². The van der Waals surface area contributed by atoms with E-state index in [2.05, 4.69) is 10.2 Å². The van der Waals surface area contributed by atoms with Gasteiger partial charge >= 0.3 is 6.09 Å². The van der Waals surface area contributed by atoms with Crippen molar-refractivity contribution in [3.05, 3.63) is 53.3 Å². The highest BCUT2D eigenvalue weighted by Crippen LogP contribution is 2.42. The van der Waals surface area contributed by atoms with E-state index in [1.165, 1.54) is 17.0 Å². The van der Waals surface area contributed by atoms with Gasteiger partial charge in [-0.2, -0.15) is 0 Å². The van der Waals surface area contributed by atoms with Gasteiger partial charge in [0.2, 0.25) is 0 Å². The molecule has 1 saturated heterocycles. The lowest BCUT2D eigenvalue weighted by Gasteiger charge is -2.35. The summed E-state index contributed by atoms with van der Waals surface area (Å²) in [7, 11) is 0. The molecule has 10 heteroatoms. The van der Waals surface area contributed by atoms with Gasteiger partial charge in [-0.15, -0.1) is 10.2 Å². The number of hydrogen-bond acceptors (Lipinski definition) is 8. The van der Waals surface area contributed by atoms with Crippen LogP contribution in [0.1, 0.15) is 42.5 Å². The average molecular weight is 491 g/mol. The Morgan fingerprint density at radius 3 is 2.42 bits per heavy atom. The summed E-state index contributed by atoms with van der Waals surface area (Å²) < 4.78 is 11.3. The number of ether oxygens (including phenoxy) is 1. The van der Waals surface area contributed by atoms with E-state index < -0.39 is 17.6 Å². The molecular formula is C26H26N4O6. The Morgan fingerprint density at radius 1 is 1.00 bits per heavy atom. The molecule has 2 aliphatic heterocycles. The number of nitrogens with zero attached hydrogens (tertiary/aromatic N) is 4. The molecule has 5 rings (SSSR count). The number of carbonyl (C=O) groups excluding carboxylic acids is 2. The topological polar surface area (TPSA) is 128 Å². The molecule has 0 unspecified atom stereocenters. The van der Waals surface area contributed by atoms with Crippen LogP contribution in [0.5, 0.6) is 11.5 Å². The number of rotatable bonds is 2. The number of carbonyl (C=O) groups is 2. The van der Waals surface area contributed by atoms with E-state index in [9.17, 15) is 19.8 Å². The zero-order valence-corrected chi connectivity index (χ0v) is 20.2. The number of aromatic hydroxyl groups is 2. The fourth-order valence-corrected chi connectivity index (χ4v) is 4.21. The minimum absolute atomic E-state index is 0.0494. The minimum Gasteiger partial charge on any atom is -0.507 e. The predicted molar refractivity (Wildman–Crippen MR) is 132 cm³/mol. The van der Waals surface area contributed by atoms with E-state index in [0.29, 0.717) is 29.9 Å². The maximum Gasteiger partial charge on any atom is 0.410 e. The lowest BCUT2D eigenvalue weighted by molar-refractivity contribution is 0.0140. The van der Waals surface area contributed by atoms with Crippen molar-refractivity contribution in [1.29, 1.82) is 0 Å². The van der Waals surface area contributed by atoms with Gasteiger partial charge in [-0.3, -0.25) is 4.79 Å². The summed E-state index contributed by atoms with van der Waals surface area (Å²) in [6.45, 7) is 6.50. The normalized spacial score (nSPS) is 16.6. The van der Waals surface area contributed by atoms with Gasteiger partial charge in [-0.05, 0) is 39.0 Å². The third kappa shape index (κ3) is 4.26. The monoisotopic (exact) mass is 490 g/mol. The smallest absolute Gasteiger partial charge is 0.410 e. The fraction of sp³-hybridized carbons (Fsp3) is 0.308. The van der Waals surface area contributed by atoms with Crippen molar-refractivity contribution < 1.29 is 29.0 Å². The van der Waals surface area contributed by atoms with Gasteiger partial charge < -0.3 is 29.2 Å². The van der Waals surface area contributed by atoms with Crippen LogP contribution in [0, 0.1) is 0 Å². The lowest BCUT2D eigenvalue weighted by atomic mass is 10.1. The second-order valence-electron chi connectivity index (χ2n) is 9.66. The Balaban J connectivity index is 1.41. The molecule has 36 heavy (non-hydrogen) atoms. The molecule has 0 aliphatic carbocycles. The number of hydrogen-bond donors (Lipinski definition) is 2. The molecule has 1 aromatic heterocycles. The Bertz CT molecular complexity index is 1420. The molecule has 2 amide bonds. The van der Waals surface area contributed by atoms with Crippen molar-refractivity contribution in [2.75, 3.05) is 26.2 Å². The highest BCUT2D eigenvalue weighted by atomic mass is 16.6. The highest BCUT2D eigenvalue weighted by molar-refractivity contribution is 6.09. The quantitative estimate of drug-likeness (QED) is 0.512. The summed E-state index contributed by atoms with van der Waals surface area (Å²) in [4.78, 5) is 28.8. The van der Waals surface area contributed by atoms with E-state index in [1.807, 2.05) is 24.3 Å². The van der Waals surface area contributed by atoms with Gasteiger partial charge in [0.1, 0.15) is 16.9 Å². The first-order chi connectivity index (χ1) is 17.1. The van der Waals surface area contributed by atoms with Crippen LogP contribution >= 0.6 is 0 Å². The molecule has 2 aromatic carbocycles. The van der Waals surface area contributed by atoms with Gasteiger partial charge in [-0.1, -0.05) is 18.2 Å². The van der Waals surface area contributed by atoms with E-state index >= 15 is 0 Å². The first-order valence-corrected chi connectivity index (χ1v) is 11.6. The van der Waals surface area contributed by atoms with Gasteiger partial charge in [0.15, 0.2) is 17.1 Å². The summed E-state index contributed by atoms with van der Waals surface area (Å²) >= 11 is 0. The number of fused-ring (bicyclic) bond motifs is 2. The molecule has 0 saturated carbocycles. The molecule has 1 fully saturated rings. The average Bonchev–Trinajstić information content (AvgIpc) is 3.39. The summed E-state index contributed by atoms with van der Waals surface area (Å²) in [6, 6.07) is 10.2. The number of furan rings is 1. The molecule has 186 valence electrons. The van der Waals surface area contributed by atoms with Crippen molar-refractivity contribution in [2.24, 2.45) is 10.2 Å². The number of phenolic OH excluding ortho intramolecular Hbond substituents is 1. The number of piperazine rings is 1. The van der Waals surface area contributed by atoms with E-state index in [1.54, 1.807) is 31.7 Å². The number of azo groups is 1. The Labute approximate surface area is 207 Å². The molecule has 10 nitrogen and oxygen atoms in total. The number of amides is 2. The van der Waals surface area contributed by atoms with Crippen molar-refractivity contribution in [2.45, 2.75) is 26.4 Å². The SMILES string of the molecule is CC(C)(C)OC(=O)N1CCN(C(=O)c2c(O)ccc3c(O)c(C=C4N=Nc5ccccc54)oc23)CC1. The summed E-state index contributed by atoms with van der Waals surface area (Å²) in [5.74, 6) is -0.785. The van der Waals surface area contributed by atoms with Crippen LogP contribution in [0.3, 0.4) is 0 Å². The van der Waals surface area contributed by atoms with Crippen molar-refractivity contribution >= 4 is 40.4 Å². The second kappa shape index (κ2) is 8.71. The highest BCUT2D eigenvalue weighted by Gasteiger charge is 2.31. The van der Waals surface area contributed by atoms with E-state index in [0.717, 1.165) is 5.56 Å². The van der Waals surface area contributed by atoms with Crippen LogP contribution in [0.15, 0.2) is 51.0 Å². The second-order valence-corrected chi connectivity index (χ2v) is 9.66. The van der Waals surface area contributed by atoms with E-state index in [-0.39, 0.29) is 41.5 Å². The van der Waals surface area contributed by atoms with E-state index in [4.69, 9.17) is 9.15 Å². The van der Waals surface area contributed by atoms with Crippen molar-refractivity contribution in [3.63, 3.8) is 0 Å². The van der Waals surface area contributed by atoms with Gasteiger partial charge in [0.05, 0.1) is 16.8 Å². The Morgan fingerprint density at radius 2 is 1.69 bits per heavy atom. The summed E-state index contributed by atoms with van der Waals surface area (Å²) in [6.07, 6.45) is 1.12. The molecule has 0 bridgehead atoms. The molecule has 0 atom stereocenters. The first-order valence-electron chi connectivity index (χ1n) is 11.6. The zero-order chi connectivity index (χ0) is 25.6. The molecule has 2 N–H and O–H groups in total. The van der Waals surface area contributed by atoms with Crippen molar-refractivity contribution in [1.82, 2.24) is 9.80 Å². The van der Waals surface area contributed by atoms with Crippen LogP contribution < -0.4 is 0 Å². The zero-order valence-electron chi connectivity index (χ0n) is 20.2. The Hall–Kier alpha value is -4.34. The van der Waals surface area contributed by atoms with Gasteiger partial charge in [0.25, 0.3) is 5.91 Å². The third-order valence-corrected chi connectivity index (χ3v) is 5.98. The molecule has 0 spiro atoms. The predicted octanol–water partition coefficient (Wildman–Crippen LogP) is 5.13. The first kappa shape index (κ1) is 23.4. The van der Waals surface area contributed by atoms with Crippen LogP contribution in [0.25, 0.3) is 22.7 Å². The van der Waals surface area contributed by atoms with Crippen LogP contribution in [0.2, 0.25) is 0 Å². The van der Waals surface area contributed by atoms with Crippen LogP contribution in [0.4, 0.5) is 10.5 Å². The standard InChI is InChI=1S/C26H26N4O6/c1-26(2,3)36-25(34)30-12-10-29(11-13-30)24(33)21-19(31)9-8-16-22(32)20(35-23(16)21)14-18-15-6-4-5-7-17(15)27-28-18/h4-9,14,31-32H,10-13H2,1-3H3. The van der Waals surface area contributed by atoms with Gasteiger partial charge in [0, 0.05) is 37.8 Å².